The first-order valence-corrected chi connectivity index (χ1v) is 7.65. The standard InChI is InChI=1S/C18H17N3O4.ClH/c1-10(16(22)20-11-7-8-15(25-2)14(19)9-11)21-17(23)12-5-3-4-6-13(12)18(21)24;/h3-10H,19H2,1-2H3,(H,20,22);1H. The van der Waals surface area contributed by atoms with Gasteiger partial charge >= 0.3 is 0 Å². The third-order valence-electron chi connectivity index (χ3n) is 4.09. The van der Waals surface area contributed by atoms with E-state index in [-0.39, 0.29) is 12.4 Å². The van der Waals surface area contributed by atoms with Crippen LogP contribution in [-0.4, -0.2) is 35.8 Å². The van der Waals surface area contributed by atoms with E-state index in [0.29, 0.717) is 28.3 Å². The summed E-state index contributed by atoms with van der Waals surface area (Å²) in [6.45, 7) is 1.50. The van der Waals surface area contributed by atoms with E-state index in [1.807, 2.05) is 0 Å². The van der Waals surface area contributed by atoms with Gasteiger partial charge in [0, 0.05) is 5.69 Å². The molecule has 1 aliphatic heterocycles. The van der Waals surface area contributed by atoms with Gasteiger partial charge in [0.15, 0.2) is 0 Å². The van der Waals surface area contributed by atoms with E-state index in [1.54, 1.807) is 42.5 Å². The minimum absolute atomic E-state index is 0. The molecule has 0 aromatic heterocycles. The number of carbonyl (C=O) groups is 3. The van der Waals surface area contributed by atoms with Gasteiger partial charge in [-0.1, -0.05) is 12.1 Å². The molecule has 0 saturated carbocycles. The van der Waals surface area contributed by atoms with Crippen LogP contribution in [-0.2, 0) is 4.79 Å². The number of fused-ring (bicyclic) bond motifs is 1. The molecule has 1 atom stereocenters. The van der Waals surface area contributed by atoms with Gasteiger partial charge in [-0.3, -0.25) is 19.3 Å². The second-order valence-electron chi connectivity index (χ2n) is 5.65. The first-order valence-electron chi connectivity index (χ1n) is 7.65. The van der Waals surface area contributed by atoms with Crippen LogP contribution in [0.5, 0.6) is 5.75 Å². The lowest BCUT2D eigenvalue weighted by atomic mass is 10.1. The first-order chi connectivity index (χ1) is 11.9. The van der Waals surface area contributed by atoms with Crippen molar-refractivity contribution >= 4 is 41.5 Å². The van der Waals surface area contributed by atoms with Crippen molar-refractivity contribution in [3.05, 3.63) is 53.6 Å². The molecule has 7 nitrogen and oxygen atoms in total. The second kappa shape index (κ2) is 7.45. The van der Waals surface area contributed by atoms with Gasteiger partial charge in [0.1, 0.15) is 11.8 Å². The fraction of sp³-hybridized carbons (Fsp3) is 0.167. The van der Waals surface area contributed by atoms with Crippen LogP contribution in [0.3, 0.4) is 0 Å². The molecular weight excluding hydrogens is 358 g/mol. The summed E-state index contributed by atoms with van der Waals surface area (Å²) in [6, 6.07) is 10.3. The molecule has 0 fully saturated rings. The molecule has 3 N–H and O–H groups in total. The smallest absolute Gasteiger partial charge is 0.262 e. The number of hydrogen-bond acceptors (Lipinski definition) is 5. The molecule has 0 bridgehead atoms. The minimum atomic E-state index is -0.962. The molecule has 0 spiro atoms. The van der Waals surface area contributed by atoms with Gasteiger partial charge < -0.3 is 15.8 Å². The van der Waals surface area contributed by atoms with Crippen LogP contribution in [0.4, 0.5) is 11.4 Å². The van der Waals surface area contributed by atoms with E-state index in [9.17, 15) is 14.4 Å². The third kappa shape index (κ3) is 3.21. The van der Waals surface area contributed by atoms with Crippen molar-refractivity contribution in [2.24, 2.45) is 0 Å². The molecular formula is C18H18ClN3O4. The summed E-state index contributed by atoms with van der Waals surface area (Å²) in [7, 11) is 1.49. The summed E-state index contributed by atoms with van der Waals surface area (Å²) >= 11 is 0. The Morgan fingerprint density at radius 3 is 2.19 bits per heavy atom. The van der Waals surface area contributed by atoms with Gasteiger partial charge in [0.05, 0.1) is 23.9 Å². The van der Waals surface area contributed by atoms with E-state index in [0.717, 1.165) is 4.90 Å². The van der Waals surface area contributed by atoms with Crippen LogP contribution < -0.4 is 15.8 Å². The van der Waals surface area contributed by atoms with Crippen LogP contribution in [0, 0.1) is 0 Å². The zero-order valence-corrected chi connectivity index (χ0v) is 15.0. The number of anilines is 2. The molecule has 136 valence electrons. The van der Waals surface area contributed by atoms with E-state index in [2.05, 4.69) is 5.32 Å². The minimum Gasteiger partial charge on any atom is -0.495 e. The number of imide groups is 1. The van der Waals surface area contributed by atoms with Crippen molar-refractivity contribution in [3.63, 3.8) is 0 Å². The van der Waals surface area contributed by atoms with Gasteiger partial charge in [-0.05, 0) is 37.3 Å². The highest BCUT2D eigenvalue weighted by Crippen LogP contribution is 2.27. The SMILES string of the molecule is COc1ccc(NC(=O)C(C)N2C(=O)c3ccccc3C2=O)cc1N.Cl. The normalized spacial score (nSPS) is 13.7. The van der Waals surface area contributed by atoms with Crippen molar-refractivity contribution in [2.75, 3.05) is 18.2 Å². The Labute approximate surface area is 156 Å². The Balaban J connectivity index is 0.00000243. The number of nitrogens with one attached hydrogen (secondary N) is 1. The van der Waals surface area contributed by atoms with Crippen molar-refractivity contribution < 1.29 is 19.1 Å². The number of benzene rings is 2. The van der Waals surface area contributed by atoms with E-state index in [1.165, 1.54) is 14.0 Å². The fourth-order valence-electron chi connectivity index (χ4n) is 2.74. The summed E-state index contributed by atoms with van der Waals surface area (Å²) < 4.78 is 5.06. The highest BCUT2D eigenvalue weighted by molar-refractivity contribution is 6.23. The molecule has 2 aromatic rings. The number of hydrogen-bond donors (Lipinski definition) is 2. The molecule has 2 aromatic carbocycles. The van der Waals surface area contributed by atoms with Crippen LogP contribution in [0.2, 0.25) is 0 Å². The Kier molecular flexibility index (Phi) is 5.52. The fourth-order valence-corrected chi connectivity index (χ4v) is 2.74. The van der Waals surface area contributed by atoms with Gasteiger partial charge in [-0.25, -0.2) is 0 Å². The average molecular weight is 376 g/mol. The van der Waals surface area contributed by atoms with Gasteiger partial charge in [-0.2, -0.15) is 0 Å². The maximum absolute atomic E-state index is 12.5. The average Bonchev–Trinajstić information content (AvgIpc) is 2.86. The Morgan fingerprint density at radius 1 is 1.12 bits per heavy atom. The van der Waals surface area contributed by atoms with E-state index in [4.69, 9.17) is 10.5 Å². The van der Waals surface area contributed by atoms with E-state index >= 15 is 0 Å². The Hall–Kier alpha value is -3.06. The number of ether oxygens (including phenoxy) is 1. The number of nitrogens with two attached hydrogens (primary N) is 1. The van der Waals surface area contributed by atoms with Crippen molar-refractivity contribution in [2.45, 2.75) is 13.0 Å². The van der Waals surface area contributed by atoms with Gasteiger partial charge in [0.25, 0.3) is 11.8 Å². The number of amides is 3. The molecule has 3 rings (SSSR count). The predicted molar refractivity (Wildman–Crippen MR) is 99.7 cm³/mol. The topological polar surface area (TPSA) is 102 Å². The summed E-state index contributed by atoms with van der Waals surface area (Å²) in [5.74, 6) is -0.944. The number of nitrogens with zero attached hydrogens (tertiary/aromatic N) is 1. The van der Waals surface area contributed by atoms with Crippen LogP contribution in [0.25, 0.3) is 0 Å². The van der Waals surface area contributed by atoms with Gasteiger partial charge in [0.2, 0.25) is 5.91 Å². The molecule has 1 heterocycles. The lowest BCUT2D eigenvalue weighted by Crippen LogP contribution is -2.45. The number of methoxy groups -OCH3 is 1. The summed E-state index contributed by atoms with van der Waals surface area (Å²) in [5.41, 5.74) is 7.25. The maximum Gasteiger partial charge on any atom is 0.262 e. The second-order valence-corrected chi connectivity index (χ2v) is 5.65. The predicted octanol–water partition coefficient (Wildman–Crippen LogP) is 2.32. The molecule has 1 unspecified atom stereocenters. The Bertz CT molecular complexity index is 849. The maximum atomic E-state index is 12.5. The van der Waals surface area contributed by atoms with Crippen LogP contribution in [0.1, 0.15) is 27.6 Å². The summed E-state index contributed by atoms with van der Waals surface area (Å²) in [6.07, 6.45) is 0. The molecule has 0 saturated heterocycles. The molecule has 0 aliphatic carbocycles. The molecule has 0 radical (unpaired) electrons. The summed E-state index contributed by atoms with van der Waals surface area (Å²) in [4.78, 5) is 38.3. The first kappa shape index (κ1) is 19.3. The number of rotatable bonds is 4. The zero-order chi connectivity index (χ0) is 18.1. The third-order valence-corrected chi connectivity index (χ3v) is 4.09. The lowest BCUT2D eigenvalue weighted by molar-refractivity contribution is -0.119. The molecule has 26 heavy (non-hydrogen) atoms. The zero-order valence-electron chi connectivity index (χ0n) is 14.2. The van der Waals surface area contributed by atoms with Crippen LogP contribution >= 0.6 is 12.4 Å². The Morgan fingerprint density at radius 2 is 1.69 bits per heavy atom. The monoisotopic (exact) mass is 375 g/mol. The van der Waals surface area contributed by atoms with Crippen LogP contribution in [0.15, 0.2) is 42.5 Å². The number of carbonyl (C=O) groups excluding carboxylic acids is 3. The molecule has 8 heteroatoms. The molecule has 3 amide bonds. The van der Waals surface area contributed by atoms with Crippen molar-refractivity contribution in [3.8, 4) is 5.75 Å². The highest BCUT2D eigenvalue weighted by Gasteiger charge is 2.40. The van der Waals surface area contributed by atoms with Crippen molar-refractivity contribution in [1.82, 2.24) is 4.90 Å². The largest absolute Gasteiger partial charge is 0.495 e. The quantitative estimate of drug-likeness (QED) is 0.630. The number of nitrogen functional groups attached to an aromatic ring is 1. The van der Waals surface area contributed by atoms with Gasteiger partial charge in [-0.15, -0.1) is 12.4 Å². The van der Waals surface area contributed by atoms with E-state index < -0.39 is 23.8 Å². The summed E-state index contributed by atoms with van der Waals surface area (Å²) in [5, 5.41) is 2.66. The lowest BCUT2D eigenvalue weighted by Gasteiger charge is -2.21. The van der Waals surface area contributed by atoms with Crippen molar-refractivity contribution in [1.29, 1.82) is 0 Å². The number of halogens is 1. The highest BCUT2D eigenvalue weighted by atomic mass is 35.5. The molecule has 1 aliphatic rings.